The summed E-state index contributed by atoms with van der Waals surface area (Å²) in [6.45, 7) is 0. The van der Waals surface area contributed by atoms with Gasteiger partial charge in [0.2, 0.25) is 0 Å². The largest absolute Gasteiger partial charge is 0.371 e. The van der Waals surface area contributed by atoms with Crippen LogP contribution in [0.25, 0.3) is 0 Å². The highest BCUT2D eigenvalue weighted by Crippen LogP contribution is 2.43. The summed E-state index contributed by atoms with van der Waals surface area (Å²) in [5.41, 5.74) is 1.82. The minimum Gasteiger partial charge on any atom is -0.371 e. The third-order valence-electron chi connectivity index (χ3n) is 4.75. The van der Waals surface area contributed by atoms with E-state index in [2.05, 4.69) is 6.08 Å². The standard InChI is InChI=1S/C15H23ClO/c16-13-5-4-12(10-13)11-14-6-9-15(17-14)7-2-1-3-8-15/h10,13-14H,1-9,11H2. The number of ether oxygens (including phenoxy) is 1. The van der Waals surface area contributed by atoms with E-state index in [9.17, 15) is 0 Å². The highest BCUT2D eigenvalue weighted by Gasteiger charge is 2.40. The van der Waals surface area contributed by atoms with Crippen molar-refractivity contribution >= 4 is 11.6 Å². The van der Waals surface area contributed by atoms with Crippen LogP contribution < -0.4 is 0 Å². The first-order valence-corrected chi connectivity index (χ1v) is 7.71. The van der Waals surface area contributed by atoms with E-state index >= 15 is 0 Å². The number of halogens is 1. The Morgan fingerprint density at radius 1 is 1.18 bits per heavy atom. The van der Waals surface area contributed by atoms with Gasteiger partial charge in [0.15, 0.2) is 0 Å². The molecule has 0 amide bonds. The second-order valence-corrected chi connectivity index (χ2v) is 6.67. The van der Waals surface area contributed by atoms with Crippen LogP contribution in [0.1, 0.15) is 64.2 Å². The Labute approximate surface area is 110 Å². The summed E-state index contributed by atoms with van der Waals surface area (Å²) in [4.78, 5) is 0. The summed E-state index contributed by atoms with van der Waals surface area (Å²) in [6.07, 6.45) is 15.6. The maximum atomic E-state index is 6.40. The van der Waals surface area contributed by atoms with Crippen LogP contribution in [0.5, 0.6) is 0 Å². The SMILES string of the molecule is ClC1C=C(CC2CCC3(CCCCC3)O2)CC1. The fraction of sp³-hybridized carbons (Fsp3) is 0.867. The van der Waals surface area contributed by atoms with E-state index in [1.807, 2.05) is 0 Å². The van der Waals surface area contributed by atoms with Gasteiger partial charge in [0, 0.05) is 0 Å². The van der Waals surface area contributed by atoms with Crippen molar-refractivity contribution in [1.29, 1.82) is 0 Å². The topological polar surface area (TPSA) is 9.23 Å². The molecule has 0 N–H and O–H groups in total. The fourth-order valence-corrected chi connectivity index (χ4v) is 4.10. The first-order valence-electron chi connectivity index (χ1n) is 7.27. The Morgan fingerprint density at radius 3 is 2.71 bits per heavy atom. The van der Waals surface area contributed by atoms with Crippen LogP contribution in [0.3, 0.4) is 0 Å². The van der Waals surface area contributed by atoms with Crippen molar-refractivity contribution in [2.24, 2.45) is 0 Å². The van der Waals surface area contributed by atoms with E-state index in [-0.39, 0.29) is 11.0 Å². The molecule has 1 saturated carbocycles. The molecule has 1 spiro atoms. The number of rotatable bonds is 2. The fourth-order valence-electron chi connectivity index (χ4n) is 3.81. The monoisotopic (exact) mass is 254 g/mol. The van der Waals surface area contributed by atoms with Crippen molar-refractivity contribution in [2.75, 3.05) is 0 Å². The van der Waals surface area contributed by atoms with Gasteiger partial charge in [0.25, 0.3) is 0 Å². The van der Waals surface area contributed by atoms with Gasteiger partial charge in [-0.2, -0.15) is 0 Å². The molecule has 2 atom stereocenters. The Balaban J connectivity index is 1.55. The summed E-state index contributed by atoms with van der Waals surface area (Å²) in [5, 5.41) is 0.287. The Morgan fingerprint density at radius 2 is 2.00 bits per heavy atom. The van der Waals surface area contributed by atoms with Gasteiger partial charge >= 0.3 is 0 Å². The lowest BCUT2D eigenvalue weighted by Crippen LogP contribution is -2.31. The van der Waals surface area contributed by atoms with Crippen molar-refractivity contribution in [3.8, 4) is 0 Å². The van der Waals surface area contributed by atoms with E-state index in [1.54, 1.807) is 5.57 Å². The van der Waals surface area contributed by atoms with E-state index in [4.69, 9.17) is 16.3 Å². The van der Waals surface area contributed by atoms with E-state index in [0.717, 1.165) is 12.8 Å². The zero-order valence-electron chi connectivity index (χ0n) is 10.6. The van der Waals surface area contributed by atoms with Gasteiger partial charge < -0.3 is 4.74 Å². The zero-order chi connectivity index (χ0) is 11.7. The molecule has 1 nitrogen and oxygen atoms in total. The normalized spacial score (nSPS) is 36.4. The molecule has 0 aromatic carbocycles. The molecule has 2 unspecified atom stereocenters. The third-order valence-corrected chi connectivity index (χ3v) is 5.10. The van der Waals surface area contributed by atoms with Crippen molar-refractivity contribution in [3.05, 3.63) is 11.6 Å². The van der Waals surface area contributed by atoms with Gasteiger partial charge in [-0.25, -0.2) is 0 Å². The second-order valence-electron chi connectivity index (χ2n) is 6.11. The van der Waals surface area contributed by atoms with Crippen molar-refractivity contribution in [3.63, 3.8) is 0 Å². The van der Waals surface area contributed by atoms with Crippen LogP contribution in [0.2, 0.25) is 0 Å². The van der Waals surface area contributed by atoms with E-state index in [0.29, 0.717) is 6.10 Å². The highest BCUT2D eigenvalue weighted by atomic mass is 35.5. The molecule has 2 fully saturated rings. The summed E-state index contributed by atoms with van der Waals surface area (Å²) < 4.78 is 6.40. The van der Waals surface area contributed by atoms with Gasteiger partial charge in [-0.1, -0.05) is 30.9 Å². The predicted octanol–water partition coefficient (Wildman–Crippen LogP) is 4.59. The number of allylic oxidation sites excluding steroid dienone is 1. The van der Waals surface area contributed by atoms with Gasteiger partial charge in [-0.05, 0) is 44.9 Å². The molecule has 3 rings (SSSR count). The summed E-state index contributed by atoms with van der Waals surface area (Å²) in [5.74, 6) is 0. The number of hydrogen-bond acceptors (Lipinski definition) is 1. The highest BCUT2D eigenvalue weighted by molar-refractivity contribution is 6.22. The summed E-state index contributed by atoms with van der Waals surface area (Å²) >= 11 is 6.12. The molecular formula is C15H23ClO. The molecule has 0 aromatic heterocycles. The summed E-state index contributed by atoms with van der Waals surface area (Å²) in [6, 6.07) is 0. The lowest BCUT2D eigenvalue weighted by molar-refractivity contribution is -0.0629. The van der Waals surface area contributed by atoms with Gasteiger partial charge in [-0.15, -0.1) is 11.6 Å². The van der Waals surface area contributed by atoms with Crippen LogP contribution in [-0.4, -0.2) is 17.1 Å². The Bertz CT molecular complexity index is 304. The minimum atomic E-state index is 0.280. The molecule has 0 aromatic rings. The second kappa shape index (κ2) is 4.93. The average molecular weight is 255 g/mol. The van der Waals surface area contributed by atoms with Gasteiger partial charge in [0.1, 0.15) is 0 Å². The average Bonchev–Trinajstić information content (AvgIpc) is 2.89. The molecule has 3 aliphatic rings. The third kappa shape index (κ3) is 2.71. The predicted molar refractivity (Wildman–Crippen MR) is 71.5 cm³/mol. The van der Waals surface area contributed by atoms with E-state index < -0.39 is 0 Å². The van der Waals surface area contributed by atoms with Crippen LogP contribution >= 0.6 is 11.6 Å². The maximum absolute atomic E-state index is 6.40. The van der Waals surface area contributed by atoms with E-state index in [1.165, 1.54) is 51.4 Å². The van der Waals surface area contributed by atoms with Crippen LogP contribution in [0.15, 0.2) is 11.6 Å². The van der Waals surface area contributed by atoms with Gasteiger partial charge in [0.05, 0.1) is 17.1 Å². The van der Waals surface area contributed by atoms with Crippen molar-refractivity contribution < 1.29 is 4.74 Å². The van der Waals surface area contributed by atoms with Crippen LogP contribution in [0, 0.1) is 0 Å². The summed E-state index contributed by atoms with van der Waals surface area (Å²) in [7, 11) is 0. The van der Waals surface area contributed by atoms with Gasteiger partial charge in [-0.3, -0.25) is 0 Å². The molecule has 0 bridgehead atoms. The lowest BCUT2D eigenvalue weighted by atomic mass is 9.83. The van der Waals surface area contributed by atoms with Crippen LogP contribution in [-0.2, 0) is 4.74 Å². The quantitative estimate of drug-likeness (QED) is 0.518. The smallest absolute Gasteiger partial charge is 0.0687 e. The Hall–Kier alpha value is -0.0100. The molecule has 96 valence electrons. The lowest BCUT2D eigenvalue weighted by Gasteiger charge is -2.33. The Kier molecular flexibility index (Phi) is 3.49. The van der Waals surface area contributed by atoms with Crippen molar-refractivity contribution in [2.45, 2.75) is 81.3 Å². The molecule has 2 aliphatic carbocycles. The molecule has 17 heavy (non-hydrogen) atoms. The molecule has 0 radical (unpaired) electrons. The minimum absolute atomic E-state index is 0.280. The molecule has 1 aliphatic heterocycles. The molecule has 2 heteroatoms. The maximum Gasteiger partial charge on any atom is 0.0687 e. The van der Waals surface area contributed by atoms with Crippen LogP contribution in [0.4, 0.5) is 0 Å². The first kappa shape index (κ1) is 12.0. The number of alkyl halides is 1. The molecular weight excluding hydrogens is 232 g/mol. The molecule has 1 saturated heterocycles. The zero-order valence-corrected chi connectivity index (χ0v) is 11.3. The van der Waals surface area contributed by atoms with Crippen molar-refractivity contribution in [1.82, 2.24) is 0 Å². The molecule has 1 heterocycles. The first-order chi connectivity index (χ1) is 8.26. The number of hydrogen-bond donors (Lipinski definition) is 0.